The van der Waals surface area contributed by atoms with Gasteiger partial charge in [-0.15, -0.1) is 0 Å². The van der Waals surface area contributed by atoms with E-state index in [2.05, 4.69) is 9.97 Å². The van der Waals surface area contributed by atoms with Crippen LogP contribution in [0.2, 0.25) is 5.02 Å². The molecule has 1 aromatic carbocycles. The van der Waals surface area contributed by atoms with Crippen LogP contribution in [0, 0.1) is 19.7 Å². The highest BCUT2D eigenvalue weighted by atomic mass is 35.5. The maximum Gasteiger partial charge on any atom is 0.345 e. The van der Waals surface area contributed by atoms with Gasteiger partial charge in [0.1, 0.15) is 5.82 Å². The second-order valence-corrected chi connectivity index (χ2v) is 4.24. The Balaban J connectivity index is 2.68. The van der Waals surface area contributed by atoms with Crippen molar-refractivity contribution in [2.24, 2.45) is 0 Å². The lowest BCUT2D eigenvalue weighted by Crippen LogP contribution is -2.12. The molecule has 88 valence electrons. The molecule has 0 fully saturated rings. The summed E-state index contributed by atoms with van der Waals surface area (Å²) in [4.78, 5) is 17.5. The molecular weight excluding hydrogens is 243 g/mol. The van der Waals surface area contributed by atoms with Crippen LogP contribution in [-0.4, -0.2) is 9.97 Å². The molecule has 0 radical (unpaired) electrons. The molecule has 0 aliphatic rings. The van der Waals surface area contributed by atoms with Crippen molar-refractivity contribution in [1.29, 1.82) is 0 Å². The molecule has 1 heterocycles. The van der Waals surface area contributed by atoms with Gasteiger partial charge in [0.2, 0.25) is 0 Å². The molecule has 0 amide bonds. The smallest absolute Gasteiger partial charge is 0.310 e. The molecule has 5 heteroatoms. The Labute approximate surface area is 102 Å². The maximum absolute atomic E-state index is 13.5. The molecule has 2 rings (SSSR count). The first kappa shape index (κ1) is 11.8. The average molecular weight is 253 g/mol. The van der Waals surface area contributed by atoms with Crippen molar-refractivity contribution in [3.63, 3.8) is 0 Å². The van der Waals surface area contributed by atoms with Gasteiger partial charge >= 0.3 is 5.69 Å². The molecule has 3 nitrogen and oxygen atoms in total. The van der Waals surface area contributed by atoms with Gasteiger partial charge < -0.3 is 4.98 Å². The number of nitrogens with one attached hydrogen (secondary N) is 1. The minimum atomic E-state index is -0.475. The minimum absolute atomic E-state index is 0.371. The molecule has 0 unspecified atom stereocenters. The van der Waals surface area contributed by atoms with Crippen LogP contribution in [-0.2, 0) is 0 Å². The standard InChI is InChI=1S/C12H10ClFN2O/c1-6-3-9(13)8(5-10(6)14)11-4-7(2)15-12(17)16-11/h3-5H,1-2H3,(H,15,16,17). The number of hydrogen-bond acceptors (Lipinski definition) is 2. The molecule has 0 aliphatic carbocycles. The van der Waals surface area contributed by atoms with Gasteiger partial charge in [0.15, 0.2) is 0 Å². The van der Waals surface area contributed by atoms with E-state index in [4.69, 9.17) is 11.6 Å². The summed E-state index contributed by atoms with van der Waals surface area (Å²) in [6.07, 6.45) is 0. The Kier molecular flexibility index (Phi) is 2.98. The van der Waals surface area contributed by atoms with E-state index in [0.29, 0.717) is 27.5 Å². The van der Waals surface area contributed by atoms with Crippen molar-refractivity contribution >= 4 is 11.6 Å². The van der Waals surface area contributed by atoms with Gasteiger partial charge in [0, 0.05) is 11.3 Å². The lowest BCUT2D eigenvalue weighted by Gasteiger charge is -2.06. The number of aryl methyl sites for hydroxylation is 2. The van der Waals surface area contributed by atoms with Crippen LogP contribution in [0.25, 0.3) is 11.3 Å². The molecule has 0 atom stereocenters. The molecular formula is C12H10ClFN2O. The average Bonchev–Trinajstić information content (AvgIpc) is 2.22. The third-order valence-electron chi connectivity index (χ3n) is 2.40. The number of benzene rings is 1. The number of nitrogens with zero attached hydrogens (tertiary/aromatic N) is 1. The van der Waals surface area contributed by atoms with Gasteiger partial charge in [-0.1, -0.05) is 11.6 Å². The van der Waals surface area contributed by atoms with Gasteiger partial charge in [-0.3, -0.25) is 0 Å². The van der Waals surface area contributed by atoms with Crippen LogP contribution in [0.3, 0.4) is 0 Å². The SMILES string of the molecule is Cc1cc(-c2cc(F)c(C)cc2Cl)nc(=O)[nH]1. The summed E-state index contributed by atoms with van der Waals surface area (Å²) in [6, 6.07) is 4.46. The molecule has 0 saturated heterocycles. The van der Waals surface area contributed by atoms with Crippen molar-refractivity contribution < 1.29 is 4.39 Å². The number of rotatable bonds is 1. The van der Waals surface area contributed by atoms with E-state index < -0.39 is 5.69 Å². The normalized spacial score (nSPS) is 10.6. The summed E-state index contributed by atoms with van der Waals surface area (Å²) >= 11 is 6.02. The fraction of sp³-hybridized carbons (Fsp3) is 0.167. The Morgan fingerprint density at radius 2 is 2.00 bits per heavy atom. The van der Waals surface area contributed by atoms with Crippen molar-refractivity contribution in [2.45, 2.75) is 13.8 Å². The largest absolute Gasteiger partial charge is 0.345 e. The number of aromatic nitrogens is 2. The summed E-state index contributed by atoms with van der Waals surface area (Å²) in [5.74, 6) is -0.371. The van der Waals surface area contributed by atoms with E-state index in [0.717, 1.165) is 0 Å². The van der Waals surface area contributed by atoms with Crippen molar-refractivity contribution in [2.75, 3.05) is 0 Å². The Bertz CT molecular complexity index is 637. The fourth-order valence-corrected chi connectivity index (χ4v) is 1.88. The Morgan fingerprint density at radius 1 is 1.29 bits per heavy atom. The van der Waals surface area contributed by atoms with Crippen LogP contribution in [0.4, 0.5) is 4.39 Å². The highest BCUT2D eigenvalue weighted by molar-refractivity contribution is 6.33. The van der Waals surface area contributed by atoms with Crippen LogP contribution in [0.15, 0.2) is 23.0 Å². The monoisotopic (exact) mass is 252 g/mol. The molecule has 0 bridgehead atoms. The highest BCUT2D eigenvalue weighted by Crippen LogP contribution is 2.28. The lowest BCUT2D eigenvalue weighted by atomic mass is 10.1. The molecule has 1 aromatic heterocycles. The second-order valence-electron chi connectivity index (χ2n) is 3.84. The first-order valence-corrected chi connectivity index (χ1v) is 5.39. The zero-order valence-corrected chi connectivity index (χ0v) is 10.1. The van der Waals surface area contributed by atoms with Crippen LogP contribution in [0.1, 0.15) is 11.3 Å². The summed E-state index contributed by atoms with van der Waals surface area (Å²) in [6.45, 7) is 3.35. The second kappa shape index (κ2) is 4.30. The third kappa shape index (κ3) is 2.36. The maximum atomic E-state index is 13.5. The van der Waals surface area contributed by atoms with Crippen LogP contribution >= 0.6 is 11.6 Å². The minimum Gasteiger partial charge on any atom is -0.310 e. The zero-order valence-electron chi connectivity index (χ0n) is 9.34. The first-order valence-electron chi connectivity index (χ1n) is 5.01. The molecule has 2 aromatic rings. The van der Waals surface area contributed by atoms with E-state index in [1.165, 1.54) is 12.1 Å². The Hall–Kier alpha value is -1.68. The van der Waals surface area contributed by atoms with E-state index in [-0.39, 0.29) is 5.82 Å². The third-order valence-corrected chi connectivity index (χ3v) is 2.72. The van der Waals surface area contributed by atoms with Crippen LogP contribution < -0.4 is 5.69 Å². The molecule has 1 N–H and O–H groups in total. The summed E-state index contributed by atoms with van der Waals surface area (Å²) in [5.41, 5.74) is 1.42. The van der Waals surface area contributed by atoms with Crippen LogP contribution in [0.5, 0.6) is 0 Å². The highest BCUT2D eigenvalue weighted by Gasteiger charge is 2.10. The molecule has 0 spiro atoms. The van der Waals surface area contributed by atoms with Gasteiger partial charge in [-0.2, -0.15) is 4.98 Å². The van der Waals surface area contributed by atoms with Crippen molar-refractivity contribution in [3.8, 4) is 11.3 Å². The van der Waals surface area contributed by atoms with E-state index in [1.807, 2.05) is 0 Å². The van der Waals surface area contributed by atoms with E-state index >= 15 is 0 Å². The zero-order chi connectivity index (χ0) is 12.6. The fourth-order valence-electron chi connectivity index (χ4n) is 1.56. The number of halogens is 2. The Morgan fingerprint density at radius 3 is 2.65 bits per heavy atom. The van der Waals surface area contributed by atoms with Gasteiger partial charge in [-0.05, 0) is 37.6 Å². The predicted molar refractivity (Wildman–Crippen MR) is 64.7 cm³/mol. The summed E-state index contributed by atoms with van der Waals surface area (Å²) in [5, 5.41) is 0.376. The topological polar surface area (TPSA) is 45.8 Å². The number of aromatic amines is 1. The van der Waals surface area contributed by atoms with E-state index in [1.54, 1.807) is 19.9 Å². The quantitative estimate of drug-likeness (QED) is 0.848. The molecule has 0 aliphatic heterocycles. The van der Waals surface area contributed by atoms with Crippen molar-refractivity contribution in [3.05, 3.63) is 50.8 Å². The molecule has 0 saturated carbocycles. The van der Waals surface area contributed by atoms with E-state index in [9.17, 15) is 9.18 Å². The predicted octanol–water partition coefficient (Wildman–Crippen LogP) is 2.85. The van der Waals surface area contributed by atoms with Crippen molar-refractivity contribution in [1.82, 2.24) is 9.97 Å². The summed E-state index contributed by atoms with van der Waals surface area (Å²) in [7, 11) is 0. The van der Waals surface area contributed by atoms with Gasteiger partial charge in [-0.25, -0.2) is 9.18 Å². The number of hydrogen-bond donors (Lipinski definition) is 1. The van der Waals surface area contributed by atoms with Gasteiger partial charge in [0.25, 0.3) is 0 Å². The first-order chi connectivity index (χ1) is 7.97. The molecule has 17 heavy (non-hydrogen) atoms. The van der Waals surface area contributed by atoms with Gasteiger partial charge in [0.05, 0.1) is 10.7 Å². The lowest BCUT2D eigenvalue weighted by molar-refractivity contribution is 0.619. The summed E-state index contributed by atoms with van der Waals surface area (Å²) < 4.78 is 13.5. The number of H-pyrrole nitrogens is 1.